The second kappa shape index (κ2) is 10.7. The van der Waals surface area contributed by atoms with Gasteiger partial charge in [0.15, 0.2) is 6.23 Å². The summed E-state index contributed by atoms with van der Waals surface area (Å²) < 4.78 is 23.2. The average molecular weight is 372 g/mol. The highest BCUT2D eigenvalue weighted by molar-refractivity contribution is 6.60. The van der Waals surface area contributed by atoms with Crippen LogP contribution in [0.1, 0.15) is 18.1 Å². The molecule has 0 fully saturated rings. The van der Waals surface area contributed by atoms with E-state index in [2.05, 4.69) is 6.58 Å². The molecule has 0 N–H and O–H groups in total. The van der Waals surface area contributed by atoms with Crippen molar-refractivity contribution < 1.29 is 22.8 Å². The summed E-state index contributed by atoms with van der Waals surface area (Å²) in [7, 11) is -3.23. The quantitative estimate of drug-likeness (QED) is 0.342. The van der Waals surface area contributed by atoms with E-state index in [4.69, 9.17) is 18.0 Å². The van der Waals surface area contributed by atoms with Crippen LogP contribution in [0.15, 0.2) is 73.3 Å². The Labute approximate surface area is 155 Å². The number of hydrogen-bond donors (Lipinski definition) is 0. The first-order valence-electron chi connectivity index (χ1n) is 8.46. The third-order valence-corrected chi connectivity index (χ3v) is 5.92. The van der Waals surface area contributed by atoms with E-state index in [0.29, 0.717) is 19.8 Å². The van der Waals surface area contributed by atoms with Crippen LogP contribution in [0.4, 0.5) is 0 Å². The molecule has 0 aliphatic heterocycles. The summed E-state index contributed by atoms with van der Waals surface area (Å²) in [6, 6.07) is 19.4. The highest BCUT2D eigenvalue weighted by Crippen LogP contribution is 2.17. The molecule has 0 saturated carbocycles. The lowest BCUT2D eigenvalue weighted by Gasteiger charge is -2.28. The van der Waals surface area contributed by atoms with Gasteiger partial charge >= 0.3 is 14.8 Å². The highest BCUT2D eigenvalue weighted by Gasteiger charge is 2.43. The van der Waals surface area contributed by atoms with E-state index in [1.807, 2.05) is 67.6 Å². The standard InChI is InChI=1S/C20H24O5Si/c1-3-20(21)22-17-26(23-4-2,24-15-18-11-7-5-8-12-18)25-16-19-13-9-6-10-14-19/h3,5-14H,1,4,15-17H2,2H3. The summed E-state index contributed by atoms with van der Waals surface area (Å²) >= 11 is 0. The number of carbonyl (C=O) groups is 1. The first-order valence-corrected chi connectivity index (χ1v) is 10.4. The maximum atomic E-state index is 11.5. The number of esters is 1. The molecule has 0 unspecified atom stereocenters. The minimum Gasteiger partial charge on any atom is -0.458 e. The maximum Gasteiger partial charge on any atom is 0.541 e. The van der Waals surface area contributed by atoms with Gasteiger partial charge < -0.3 is 18.0 Å². The molecular weight excluding hydrogens is 348 g/mol. The highest BCUT2D eigenvalue weighted by atomic mass is 28.4. The zero-order valence-corrected chi connectivity index (χ0v) is 15.9. The first-order chi connectivity index (χ1) is 12.7. The number of rotatable bonds is 11. The Morgan fingerprint density at radius 2 is 1.42 bits per heavy atom. The summed E-state index contributed by atoms with van der Waals surface area (Å²) in [4.78, 5) is 11.5. The topological polar surface area (TPSA) is 54.0 Å². The zero-order valence-electron chi connectivity index (χ0n) is 14.9. The van der Waals surface area contributed by atoms with Gasteiger partial charge in [0.05, 0.1) is 13.2 Å². The molecule has 0 aliphatic carbocycles. The van der Waals surface area contributed by atoms with Gasteiger partial charge in [-0.1, -0.05) is 67.2 Å². The molecule has 0 heterocycles. The molecule has 26 heavy (non-hydrogen) atoms. The van der Waals surface area contributed by atoms with E-state index >= 15 is 0 Å². The summed E-state index contributed by atoms with van der Waals surface area (Å²) in [5, 5.41) is 0. The van der Waals surface area contributed by atoms with Crippen LogP contribution in [0, 0.1) is 0 Å². The molecule has 5 nitrogen and oxygen atoms in total. The fourth-order valence-electron chi connectivity index (χ4n) is 2.22. The van der Waals surface area contributed by atoms with Gasteiger partial charge in [-0.3, -0.25) is 0 Å². The van der Waals surface area contributed by atoms with Gasteiger partial charge in [0.1, 0.15) is 0 Å². The third-order valence-electron chi connectivity index (χ3n) is 3.53. The number of ether oxygens (including phenoxy) is 1. The van der Waals surface area contributed by atoms with Crippen LogP contribution in [0.25, 0.3) is 0 Å². The predicted molar refractivity (Wildman–Crippen MR) is 101 cm³/mol. The second-order valence-electron chi connectivity index (χ2n) is 5.48. The van der Waals surface area contributed by atoms with E-state index < -0.39 is 14.8 Å². The minimum atomic E-state index is -3.23. The predicted octanol–water partition coefficient (Wildman–Crippen LogP) is 3.66. The van der Waals surface area contributed by atoms with Gasteiger partial charge in [-0.25, -0.2) is 4.79 Å². The molecule has 138 valence electrons. The summed E-state index contributed by atoms with van der Waals surface area (Å²) in [6.07, 6.45) is 1.05. The number of carbonyl (C=O) groups excluding carboxylic acids is 1. The second-order valence-corrected chi connectivity index (χ2v) is 8.00. The van der Waals surface area contributed by atoms with Crippen molar-refractivity contribution in [1.29, 1.82) is 0 Å². The van der Waals surface area contributed by atoms with E-state index in [-0.39, 0.29) is 6.23 Å². The molecule has 2 rings (SSSR count). The minimum absolute atomic E-state index is 0.0641. The first kappa shape index (κ1) is 20.1. The van der Waals surface area contributed by atoms with Crippen molar-refractivity contribution in [3.63, 3.8) is 0 Å². The molecule has 0 radical (unpaired) electrons. The van der Waals surface area contributed by atoms with Gasteiger partial charge in [0.2, 0.25) is 0 Å². The molecule has 2 aromatic rings. The number of hydrogen-bond acceptors (Lipinski definition) is 5. The van der Waals surface area contributed by atoms with Gasteiger partial charge in [-0.15, -0.1) is 0 Å². The SMILES string of the molecule is C=CC(=O)OC[Si](OCC)(OCc1ccccc1)OCc1ccccc1. The molecular formula is C20H24O5Si. The monoisotopic (exact) mass is 372 g/mol. The van der Waals surface area contributed by atoms with Crippen LogP contribution in [0.2, 0.25) is 0 Å². The molecule has 2 aromatic carbocycles. The Kier molecular flexibility index (Phi) is 8.24. The fraction of sp³-hybridized carbons (Fsp3) is 0.250. The van der Waals surface area contributed by atoms with Crippen molar-refractivity contribution >= 4 is 14.8 Å². The van der Waals surface area contributed by atoms with Gasteiger partial charge in [-0.2, -0.15) is 0 Å². The average Bonchev–Trinajstić information content (AvgIpc) is 2.70. The van der Waals surface area contributed by atoms with Crippen LogP contribution in [-0.4, -0.2) is 27.6 Å². The van der Waals surface area contributed by atoms with Crippen LogP contribution >= 0.6 is 0 Å². The van der Waals surface area contributed by atoms with E-state index in [1.54, 1.807) is 0 Å². The third kappa shape index (κ3) is 6.57. The normalized spacial score (nSPS) is 11.1. The maximum absolute atomic E-state index is 11.5. The Hall–Kier alpha value is -2.25. The van der Waals surface area contributed by atoms with Crippen LogP contribution in [0.5, 0.6) is 0 Å². The van der Waals surface area contributed by atoms with E-state index in [1.165, 1.54) is 0 Å². The fourth-order valence-corrected chi connectivity index (χ4v) is 4.26. The lowest BCUT2D eigenvalue weighted by Crippen LogP contribution is -2.51. The molecule has 0 saturated heterocycles. The van der Waals surface area contributed by atoms with E-state index in [9.17, 15) is 4.79 Å². The van der Waals surface area contributed by atoms with Crippen LogP contribution in [0.3, 0.4) is 0 Å². The Bertz CT molecular complexity index is 632. The van der Waals surface area contributed by atoms with Crippen molar-refractivity contribution in [2.45, 2.75) is 20.1 Å². The molecule has 0 aromatic heterocycles. The molecule has 0 spiro atoms. The van der Waals surface area contributed by atoms with Crippen molar-refractivity contribution in [1.82, 2.24) is 0 Å². The molecule has 0 atom stereocenters. The number of benzene rings is 2. The lowest BCUT2D eigenvalue weighted by atomic mass is 10.2. The summed E-state index contributed by atoms with van der Waals surface area (Å²) in [5.74, 6) is -0.534. The van der Waals surface area contributed by atoms with Gasteiger partial charge in [0.25, 0.3) is 0 Å². The Morgan fingerprint density at radius 3 is 1.85 bits per heavy atom. The lowest BCUT2D eigenvalue weighted by molar-refractivity contribution is -0.138. The molecule has 0 aliphatic rings. The van der Waals surface area contributed by atoms with E-state index in [0.717, 1.165) is 17.2 Å². The van der Waals surface area contributed by atoms with Crippen molar-refractivity contribution in [3.8, 4) is 0 Å². The van der Waals surface area contributed by atoms with Gasteiger partial charge in [-0.05, 0) is 18.1 Å². The van der Waals surface area contributed by atoms with Crippen LogP contribution in [-0.2, 0) is 36.0 Å². The zero-order chi connectivity index (χ0) is 18.7. The summed E-state index contributed by atoms with van der Waals surface area (Å²) in [5.41, 5.74) is 1.98. The molecule has 0 amide bonds. The Balaban J connectivity index is 2.11. The van der Waals surface area contributed by atoms with Crippen molar-refractivity contribution in [2.24, 2.45) is 0 Å². The smallest absolute Gasteiger partial charge is 0.458 e. The summed E-state index contributed by atoms with van der Waals surface area (Å²) in [6.45, 7) is 6.29. The van der Waals surface area contributed by atoms with Gasteiger partial charge in [0, 0.05) is 12.7 Å². The Morgan fingerprint density at radius 1 is 0.923 bits per heavy atom. The molecule has 0 bridgehead atoms. The van der Waals surface area contributed by atoms with Crippen molar-refractivity contribution in [3.05, 3.63) is 84.4 Å². The van der Waals surface area contributed by atoms with Crippen molar-refractivity contribution in [2.75, 3.05) is 12.8 Å². The van der Waals surface area contributed by atoms with Crippen LogP contribution < -0.4 is 0 Å². The largest absolute Gasteiger partial charge is 0.541 e. The molecule has 6 heteroatoms.